The molecule has 20 heavy (non-hydrogen) atoms. The molecule has 0 radical (unpaired) electrons. The van der Waals surface area contributed by atoms with E-state index < -0.39 is 27.5 Å². The third kappa shape index (κ3) is 5.76. The molecule has 0 unspecified atom stereocenters. The van der Waals surface area contributed by atoms with E-state index in [4.69, 9.17) is 0 Å². The summed E-state index contributed by atoms with van der Waals surface area (Å²) in [5.74, 6) is -0.476. The van der Waals surface area contributed by atoms with Crippen molar-refractivity contribution in [2.24, 2.45) is 0 Å². The summed E-state index contributed by atoms with van der Waals surface area (Å²) in [6.45, 7) is 5.50. The largest absolute Gasteiger partial charge is 0.434 e. The zero-order chi connectivity index (χ0) is 15.8. The number of nitrogens with one attached hydrogen (secondary N) is 1. The van der Waals surface area contributed by atoms with Crippen LogP contribution in [0.1, 0.15) is 36.3 Å². The Labute approximate surface area is 120 Å². The van der Waals surface area contributed by atoms with Crippen molar-refractivity contribution >= 4 is 21.2 Å². The second-order valence-electron chi connectivity index (χ2n) is 5.55. The van der Waals surface area contributed by atoms with Gasteiger partial charge in [0.2, 0.25) is 0 Å². The Morgan fingerprint density at radius 3 is 2.20 bits per heavy atom. The molecule has 0 bridgehead atoms. The maximum Gasteiger partial charge on any atom is 0.434 e. The summed E-state index contributed by atoms with van der Waals surface area (Å²) in [5, 5.41) is 2.91. The molecule has 4 nitrogen and oxygen atoms in total. The molecule has 1 rings (SSSR count). The van der Waals surface area contributed by atoms with Gasteiger partial charge in [-0.15, -0.1) is 11.3 Å². The van der Waals surface area contributed by atoms with Gasteiger partial charge in [0.1, 0.15) is 10.8 Å². The van der Waals surface area contributed by atoms with Crippen LogP contribution in [0.2, 0.25) is 0 Å². The van der Waals surface area contributed by atoms with Crippen LogP contribution in [0.15, 0.2) is 0 Å². The van der Waals surface area contributed by atoms with Gasteiger partial charge in [-0.25, -0.2) is 13.4 Å². The van der Waals surface area contributed by atoms with Crippen molar-refractivity contribution < 1.29 is 21.6 Å². The Bertz CT molecular complexity index is 571. The molecule has 0 fully saturated rings. The summed E-state index contributed by atoms with van der Waals surface area (Å²) >= 11 is 0.781. The molecule has 0 saturated carbocycles. The van der Waals surface area contributed by atoms with Crippen molar-refractivity contribution in [1.29, 1.82) is 0 Å². The van der Waals surface area contributed by atoms with Crippen LogP contribution >= 0.6 is 11.3 Å². The van der Waals surface area contributed by atoms with E-state index in [0.29, 0.717) is 0 Å². The summed E-state index contributed by atoms with van der Waals surface area (Å²) in [6, 6.07) is 0. The Morgan fingerprint density at radius 1 is 1.25 bits per heavy atom. The Balaban J connectivity index is 3.08. The molecule has 0 spiro atoms. The first-order chi connectivity index (χ1) is 8.78. The number of nitrogens with zero attached hydrogens (tertiary/aromatic N) is 1. The second kappa shape index (κ2) is 5.61. The predicted octanol–water partition coefficient (Wildman–Crippen LogP) is 2.59. The van der Waals surface area contributed by atoms with Gasteiger partial charge < -0.3 is 5.32 Å². The average molecular weight is 330 g/mol. The van der Waals surface area contributed by atoms with Gasteiger partial charge in [-0.2, -0.15) is 13.2 Å². The molecule has 9 heteroatoms. The van der Waals surface area contributed by atoms with Crippen LogP contribution in [0.4, 0.5) is 13.2 Å². The van der Waals surface area contributed by atoms with Gasteiger partial charge in [-0.05, 0) is 20.8 Å². The van der Waals surface area contributed by atoms with E-state index >= 15 is 0 Å². The first-order valence-electron chi connectivity index (χ1n) is 5.76. The van der Waals surface area contributed by atoms with Crippen LogP contribution in [0.5, 0.6) is 0 Å². The molecular weight excluding hydrogens is 313 g/mol. The van der Waals surface area contributed by atoms with Crippen LogP contribution in [0.3, 0.4) is 0 Å². The molecule has 116 valence electrons. The number of sulfone groups is 1. The van der Waals surface area contributed by atoms with Crippen molar-refractivity contribution in [3.8, 4) is 0 Å². The summed E-state index contributed by atoms with van der Waals surface area (Å²) in [6.07, 6.45) is -3.62. The molecule has 0 aliphatic carbocycles. The molecule has 1 aromatic heterocycles. The van der Waals surface area contributed by atoms with Crippen LogP contribution in [-0.2, 0) is 28.3 Å². The van der Waals surface area contributed by atoms with E-state index in [1.807, 2.05) is 20.8 Å². The fourth-order valence-electron chi connectivity index (χ4n) is 1.37. The lowest BCUT2D eigenvalue weighted by atomic mass is 10.1. The number of hydrogen-bond donors (Lipinski definition) is 1. The topological polar surface area (TPSA) is 59.1 Å². The smallest absolute Gasteiger partial charge is 0.307 e. The SMILES string of the molecule is CC(C)(C)NCc1sc(CS(C)(=O)=O)nc1C(F)(F)F. The number of halogens is 3. The van der Waals surface area contributed by atoms with Crippen molar-refractivity contribution in [3.05, 3.63) is 15.6 Å². The molecule has 0 atom stereocenters. The zero-order valence-electron chi connectivity index (χ0n) is 11.6. The van der Waals surface area contributed by atoms with Gasteiger partial charge in [0.25, 0.3) is 0 Å². The normalized spacial score (nSPS) is 13.8. The summed E-state index contributed by atoms with van der Waals surface area (Å²) in [7, 11) is -3.41. The molecule has 1 heterocycles. The Kier molecular flexibility index (Phi) is 4.87. The number of aromatic nitrogens is 1. The van der Waals surface area contributed by atoms with Gasteiger partial charge in [0.05, 0.1) is 4.88 Å². The monoisotopic (exact) mass is 330 g/mol. The minimum Gasteiger partial charge on any atom is -0.307 e. The predicted molar refractivity (Wildman–Crippen MR) is 72.3 cm³/mol. The van der Waals surface area contributed by atoms with Gasteiger partial charge in [0, 0.05) is 18.3 Å². The molecule has 0 aliphatic rings. The summed E-state index contributed by atoms with van der Waals surface area (Å²) in [5.41, 5.74) is -1.35. The minimum absolute atomic E-state index is 0.000226. The first kappa shape index (κ1) is 17.4. The maximum atomic E-state index is 12.9. The van der Waals surface area contributed by atoms with Crippen molar-refractivity contribution in [1.82, 2.24) is 10.3 Å². The number of rotatable bonds is 4. The summed E-state index contributed by atoms with van der Waals surface area (Å²) < 4.78 is 61.0. The highest BCUT2D eigenvalue weighted by Crippen LogP contribution is 2.35. The Morgan fingerprint density at radius 2 is 1.80 bits per heavy atom. The third-order valence-corrected chi connectivity index (χ3v) is 4.21. The lowest BCUT2D eigenvalue weighted by Crippen LogP contribution is -2.35. The van der Waals surface area contributed by atoms with E-state index in [1.54, 1.807) is 0 Å². The van der Waals surface area contributed by atoms with Crippen molar-refractivity contribution in [3.63, 3.8) is 0 Å². The van der Waals surface area contributed by atoms with E-state index in [-0.39, 0.29) is 22.0 Å². The highest BCUT2D eigenvalue weighted by Gasteiger charge is 2.37. The Hall–Kier alpha value is -0.670. The maximum absolute atomic E-state index is 12.9. The average Bonchev–Trinajstić information content (AvgIpc) is 2.53. The fraction of sp³-hybridized carbons (Fsp3) is 0.727. The standard InChI is InChI=1S/C11H17F3N2O2S2/c1-10(2,3)15-5-7-9(11(12,13)14)16-8(19-7)6-20(4,17)18/h15H,5-6H2,1-4H3. The molecule has 0 amide bonds. The molecule has 0 saturated heterocycles. The summed E-state index contributed by atoms with van der Waals surface area (Å²) in [4.78, 5) is 3.45. The van der Waals surface area contributed by atoms with Crippen molar-refractivity contribution in [2.45, 2.75) is 44.8 Å². The van der Waals surface area contributed by atoms with Gasteiger partial charge in [0.15, 0.2) is 15.5 Å². The van der Waals surface area contributed by atoms with Crippen LogP contribution in [0.25, 0.3) is 0 Å². The number of hydrogen-bond acceptors (Lipinski definition) is 5. The highest BCUT2D eigenvalue weighted by atomic mass is 32.2. The fourth-order valence-corrected chi connectivity index (χ4v) is 3.59. The van der Waals surface area contributed by atoms with E-state index in [2.05, 4.69) is 10.3 Å². The molecule has 1 aromatic rings. The third-order valence-electron chi connectivity index (χ3n) is 2.18. The van der Waals surface area contributed by atoms with Gasteiger partial charge in [-0.1, -0.05) is 0 Å². The van der Waals surface area contributed by atoms with Crippen LogP contribution in [-0.4, -0.2) is 25.2 Å². The zero-order valence-corrected chi connectivity index (χ0v) is 13.3. The lowest BCUT2D eigenvalue weighted by Gasteiger charge is -2.20. The molecule has 0 aliphatic heterocycles. The van der Waals surface area contributed by atoms with Gasteiger partial charge in [-0.3, -0.25) is 0 Å². The number of alkyl halides is 3. The minimum atomic E-state index is -4.58. The first-order valence-corrected chi connectivity index (χ1v) is 8.64. The molecular formula is C11H17F3N2O2S2. The van der Waals surface area contributed by atoms with E-state index in [1.165, 1.54) is 0 Å². The van der Waals surface area contributed by atoms with Crippen molar-refractivity contribution in [2.75, 3.05) is 6.26 Å². The highest BCUT2D eigenvalue weighted by molar-refractivity contribution is 7.90. The molecule has 1 N–H and O–H groups in total. The number of thiazole rings is 1. The van der Waals surface area contributed by atoms with E-state index in [0.717, 1.165) is 17.6 Å². The van der Waals surface area contributed by atoms with E-state index in [9.17, 15) is 21.6 Å². The van der Waals surface area contributed by atoms with Crippen LogP contribution < -0.4 is 5.32 Å². The quantitative estimate of drug-likeness (QED) is 0.922. The second-order valence-corrected chi connectivity index (χ2v) is 8.86. The van der Waals surface area contributed by atoms with Crippen LogP contribution in [0, 0.1) is 0 Å². The lowest BCUT2D eigenvalue weighted by molar-refractivity contribution is -0.141. The van der Waals surface area contributed by atoms with Gasteiger partial charge >= 0.3 is 6.18 Å². The molecule has 0 aromatic carbocycles.